The number of carbonyl (C=O) groups excluding carboxylic acids is 1. The second-order valence-corrected chi connectivity index (χ2v) is 5.88. The predicted octanol–water partition coefficient (Wildman–Crippen LogP) is 3.32. The van der Waals surface area contributed by atoms with Crippen LogP contribution in [0.4, 0.5) is 9.80 Å². The first-order valence-corrected chi connectivity index (χ1v) is 7.09. The third-order valence-corrected chi connectivity index (χ3v) is 4.26. The number of nitrogens with one attached hydrogen (secondary N) is 1. The Morgan fingerprint density at radius 1 is 1.43 bits per heavy atom. The molecule has 0 aromatic carbocycles. The fourth-order valence-corrected chi connectivity index (χ4v) is 2.92. The van der Waals surface area contributed by atoms with E-state index in [-0.39, 0.29) is 11.6 Å². The van der Waals surface area contributed by atoms with Crippen molar-refractivity contribution in [2.45, 2.75) is 20.4 Å². The van der Waals surface area contributed by atoms with Crippen molar-refractivity contribution in [1.29, 1.82) is 0 Å². The van der Waals surface area contributed by atoms with Crippen LogP contribution in [-0.2, 0) is 6.54 Å². The summed E-state index contributed by atoms with van der Waals surface area (Å²) >= 11 is 1.26. The summed E-state index contributed by atoms with van der Waals surface area (Å²) in [6, 6.07) is 3.14. The maximum absolute atomic E-state index is 12.1. The Balaban J connectivity index is 2.12. The number of carboxylic acid groups (broad SMARTS) is 1. The molecule has 0 fully saturated rings. The van der Waals surface area contributed by atoms with Crippen LogP contribution >= 0.6 is 11.3 Å². The average Bonchev–Trinajstić information content (AvgIpc) is 2.99. The van der Waals surface area contributed by atoms with E-state index >= 15 is 0 Å². The van der Waals surface area contributed by atoms with Crippen molar-refractivity contribution in [2.24, 2.45) is 0 Å². The molecule has 0 aliphatic carbocycles. The highest BCUT2D eigenvalue weighted by Gasteiger charge is 2.21. The smallest absolute Gasteiger partial charge is 0.338 e. The van der Waals surface area contributed by atoms with Gasteiger partial charge in [0.25, 0.3) is 0 Å². The molecule has 2 amide bonds. The number of thiophene rings is 1. The van der Waals surface area contributed by atoms with Gasteiger partial charge in [0.2, 0.25) is 0 Å². The van der Waals surface area contributed by atoms with E-state index in [1.165, 1.54) is 22.5 Å². The van der Waals surface area contributed by atoms with E-state index in [2.05, 4.69) is 5.32 Å². The highest BCUT2D eigenvalue weighted by Crippen LogP contribution is 2.32. The zero-order valence-electron chi connectivity index (χ0n) is 12.0. The minimum Gasteiger partial charge on any atom is -0.478 e. The van der Waals surface area contributed by atoms with E-state index in [0.717, 1.165) is 4.88 Å². The Morgan fingerprint density at radius 2 is 2.14 bits per heavy atom. The molecule has 0 bridgehead atoms. The zero-order chi connectivity index (χ0) is 15.6. The van der Waals surface area contributed by atoms with Crippen molar-refractivity contribution in [2.75, 3.05) is 12.4 Å². The summed E-state index contributed by atoms with van der Waals surface area (Å²) < 4.78 is 5.18. The van der Waals surface area contributed by atoms with E-state index < -0.39 is 5.97 Å². The molecule has 2 N–H and O–H groups in total. The molecular weight excluding hydrogens is 292 g/mol. The molecule has 7 heteroatoms. The Hall–Kier alpha value is -2.28. The van der Waals surface area contributed by atoms with Gasteiger partial charge in [-0.05, 0) is 31.5 Å². The number of anilines is 1. The van der Waals surface area contributed by atoms with Crippen LogP contribution in [0.2, 0.25) is 0 Å². The fourth-order valence-electron chi connectivity index (χ4n) is 1.87. The molecule has 6 nitrogen and oxygen atoms in total. The highest BCUT2D eigenvalue weighted by atomic mass is 32.1. The van der Waals surface area contributed by atoms with Gasteiger partial charge in [-0.25, -0.2) is 9.59 Å². The molecule has 2 rings (SSSR count). The topological polar surface area (TPSA) is 82.8 Å². The maximum Gasteiger partial charge on any atom is 0.338 e. The summed E-state index contributed by atoms with van der Waals surface area (Å²) in [5, 5.41) is 12.2. The number of rotatable bonds is 4. The number of carboxylic acids is 1. The third kappa shape index (κ3) is 3.25. The lowest BCUT2D eigenvalue weighted by atomic mass is 10.1. The number of aromatic carboxylic acids is 1. The normalized spacial score (nSPS) is 10.4. The van der Waals surface area contributed by atoms with Crippen molar-refractivity contribution in [3.63, 3.8) is 0 Å². The molecule has 0 unspecified atom stereocenters. The van der Waals surface area contributed by atoms with Crippen molar-refractivity contribution < 1.29 is 19.1 Å². The van der Waals surface area contributed by atoms with Crippen LogP contribution in [-0.4, -0.2) is 29.1 Å². The number of nitrogens with zero attached hydrogens (tertiary/aromatic N) is 1. The highest BCUT2D eigenvalue weighted by molar-refractivity contribution is 7.16. The van der Waals surface area contributed by atoms with Crippen molar-refractivity contribution in [3.8, 4) is 0 Å². The Kier molecular flexibility index (Phi) is 4.32. The molecule has 0 atom stereocenters. The summed E-state index contributed by atoms with van der Waals surface area (Å²) in [5.41, 5.74) is 0.828. The number of furan rings is 1. The first kappa shape index (κ1) is 15.1. The number of hydrogen-bond acceptors (Lipinski definition) is 4. The van der Waals surface area contributed by atoms with Crippen LogP contribution in [0.1, 0.15) is 26.6 Å². The molecule has 0 radical (unpaired) electrons. The molecule has 2 aromatic heterocycles. The quantitative estimate of drug-likeness (QED) is 0.907. The van der Waals surface area contributed by atoms with Gasteiger partial charge in [-0.1, -0.05) is 0 Å². The minimum atomic E-state index is -1.04. The van der Waals surface area contributed by atoms with E-state index in [9.17, 15) is 14.7 Å². The molecule has 0 spiro atoms. The van der Waals surface area contributed by atoms with Gasteiger partial charge in [-0.15, -0.1) is 11.3 Å². The van der Waals surface area contributed by atoms with Crippen LogP contribution in [0.15, 0.2) is 22.8 Å². The molecule has 0 aliphatic heterocycles. The zero-order valence-corrected chi connectivity index (χ0v) is 12.8. The van der Waals surface area contributed by atoms with Gasteiger partial charge in [-0.2, -0.15) is 0 Å². The summed E-state index contributed by atoms with van der Waals surface area (Å²) in [4.78, 5) is 25.7. The minimum absolute atomic E-state index is 0.150. The number of carbonyl (C=O) groups is 2. The SMILES string of the molecule is Cc1sc(NC(=O)N(C)Cc2ccco2)c(C(=O)O)c1C. The first-order chi connectivity index (χ1) is 9.90. The third-order valence-electron chi connectivity index (χ3n) is 3.14. The second kappa shape index (κ2) is 6.01. The Morgan fingerprint density at radius 3 is 2.71 bits per heavy atom. The van der Waals surface area contributed by atoms with Crippen LogP contribution in [0.25, 0.3) is 0 Å². The number of aryl methyl sites for hydroxylation is 1. The molecule has 21 heavy (non-hydrogen) atoms. The van der Waals surface area contributed by atoms with Gasteiger partial charge in [0.15, 0.2) is 0 Å². The molecular formula is C14H16N2O4S. The Bertz CT molecular complexity index is 661. The maximum atomic E-state index is 12.1. The second-order valence-electron chi connectivity index (χ2n) is 4.66. The molecule has 112 valence electrons. The summed E-state index contributed by atoms with van der Waals surface area (Å²) in [6.07, 6.45) is 1.54. The standard InChI is InChI=1S/C14H16N2O4S/c1-8-9(2)21-12(11(8)13(17)18)15-14(19)16(3)7-10-5-4-6-20-10/h4-6H,7H2,1-3H3,(H,15,19)(H,17,18). The first-order valence-electron chi connectivity index (χ1n) is 6.28. The fraction of sp³-hybridized carbons (Fsp3) is 0.286. The number of hydrogen-bond donors (Lipinski definition) is 2. The lowest BCUT2D eigenvalue weighted by Crippen LogP contribution is -2.30. The predicted molar refractivity (Wildman–Crippen MR) is 79.9 cm³/mol. The lowest BCUT2D eigenvalue weighted by molar-refractivity contribution is 0.0697. The van der Waals surface area contributed by atoms with E-state index in [1.807, 2.05) is 6.92 Å². The summed E-state index contributed by atoms with van der Waals surface area (Å²) in [7, 11) is 1.62. The van der Waals surface area contributed by atoms with Crippen LogP contribution < -0.4 is 5.32 Å². The molecule has 0 saturated heterocycles. The molecule has 0 aliphatic rings. The average molecular weight is 308 g/mol. The van der Waals surface area contributed by atoms with E-state index in [4.69, 9.17) is 4.42 Å². The van der Waals surface area contributed by atoms with Gasteiger partial charge in [0, 0.05) is 11.9 Å². The molecule has 0 saturated carbocycles. The van der Waals surface area contributed by atoms with Gasteiger partial charge < -0.3 is 14.4 Å². The number of urea groups is 1. The van der Waals surface area contributed by atoms with Gasteiger partial charge in [-0.3, -0.25) is 5.32 Å². The van der Waals surface area contributed by atoms with Crippen LogP contribution in [0.3, 0.4) is 0 Å². The van der Waals surface area contributed by atoms with Gasteiger partial charge >= 0.3 is 12.0 Å². The summed E-state index contributed by atoms with van der Waals surface area (Å²) in [6.45, 7) is 3.87. The summed E-state index contributed by atoms with van der Waals surface area (Å²) in [5.74, 6) is -0.384. The van der Waals surface area contributed by atoms with Crippen LogP contribution in [0, 0.1) is 13.8 Å². The van der Waals surface area contributed by atoms with Crippen molar-refractivity contribution in [3.05, 3.63) is 40.2 Å². The lowest BCUT2D eigenvalue weighted by Gasteiger charge is -2.16. The molecule has 2 heterocycles. The molecule has 2 aromatic rings. The van der Waals surface area contributed by atoms with Crippen LogP contribution in [0.5, 0.6) is 0 Å². The van der Waals surface area contributed by atoms with Gasteiger partial charge in [0.1, 0.15) is 10.8 Å². The number of amides is 2. The van der Waals surface area contributed by atoms with E-state index in [0.29, 0.717) is 22.9 Å². The van der Waals surface area contributed by atoms with E-state index in [1.54, 1.807) is 26.1 Å². The van der Waals surface area contributed by atoms with Crippen molar-refractivity contribution in [1.82, 2.24) is 4.90 Å². The Labute approximate surface area is 126 Å². The van der Waals surface area contributed by atoms with Gasteiger partial charge in [0.05, 0.1) is 18.4 Å². The van der Waals surface area contributed by atoms with Crippen molar-refractivity contribution >= 4 is 28.3 Å². The largest absolute Gasteiger partial charge is 0.478 e. The monoisotopic (exact) mass is 308 g/mol.